The summed E-state index contributed by atoms with van der Waals surface area (Å²) in [5.41, 5.74) is 3.54. The summed E-state index contributed by atoms with van der Waals surface area (Å²) in [4.78, 5) is 50.3. The van der Waals surface area contributed by atoms with E-state index in [-0.39, 0.29) is 30.2 Å². The summed E-state index contributed by atoms with van der Waals surface area (Å²) in [5, 5.41) is 12.0. The van der Waals surface area contributed by atoms with E-state index in [1.54, 1.807) is 16.0 Å². The fraction of sp³-hybridized carbons (Fsp3) is 0.414. The van der Waals surface area contributed by atoms with Gasteiger partial charge in [0.25, 0.3) is 0 Å². The number of hydrogen-bond donors (Lipinski definition) is 1. The number of carbonyl (C=O) groups excluding carboxylic acids is 2. The van der Waals surface area contributed by atoms with Gasteiger partial charge >= 0.3 is 5.97 Å². The lowest BCUT2D eigenvalue weighted by atomic mass is 9.89. The van der Waals surface area contributed by atoms with Gasteiger partial charge in [-0.2, -0.15) is 0 Å². The van der Waals surface area contributed by atoms with Crippen LogP contribution in [0.2, 0.25) is 0 Å². The van der Waals surface area contributed by atoms with Crippen LogP contribution in [-0.4, -0.2) is 58.7 Å². The maximum Gasteiger partial charge on any atom is 0.304 e. The molecule has 0 spiro atoms. The number of thiazole rings is 1. The Morgan fingerprint density at radius 3 is 2.56 bits per heavy atom. The summed E-state index contributed by atoms with van der Waals surface area (Å²) in [6, 6.07) is 11.8. The third kappa shape index (κ3) is 5.44. The number of benzene rings is 1. The zero-order valence-electron chi connectivity index (χ0n) is 21.5. The van der Waals surface area contributed by atoms with Crippen LogP contribution in [0.4, 0.5) is 10.9 Å². The van der Waals surface area contributed by atoms with Gasteiger partial charge in [0, 0.05) is 53.5 Å². The summed E-state index contributed by atoms with van der Waals surface area (Å²) in [6.45, 7) is 1.85. The van der Waals surface area contributed by atoms with Crippen molar-refractivity contribution in [3.05, 3.63) is 48.0 Å². The normalized spacial score (nSPS) is 18.2. The molecule has 0 bridgehead atoms. The van der Waals surface area contributed by atoms with Crippen LogP contribution in [0.15, 0.2) is 48.0 Å². The highest BCUT2D eigenvalue weighted by Gasteiger charge is 2.40. The molecule has 1 aliphatic carbocycles. The van der Waals surface area contributed by atoms with Crippen LogP contribution in [0.25, 0.3) is 22.4 Å². The molecule has 1 saturated carbocycles. The van der Waals surface area contributed by atoms with Gasteiger partial charge in [0.05, 0.1) is 25.3 Å². The Hall–Kier alpha value is -3.63. The van der Waals surface area contributed by atoms with Crippen LogP contribution in [0.5, 0.6) is 0 Å². The van der Waals surface area contributed by atoms with Crippen LogP contribution in [0.3, 0.4) is 0 Å². The van der Waals surface area contributed by atoms with Crippen LogP contribution >= 0.6 is 11.3 Å². The Labute approximate surface area is 230 Å². The molecule has 0 radical (unpaired) electrons. The first-order valence-electron chi connectivity index (χ1n) is 13.4. The molecule has 3 fully saturated rings. The summed E-state index contributed by atoms with van der Waals surface area (Å²) in [6.07, 6.45) is 5.30. The summed E-state index contributed by atoms with van der Waals surface area (Å²) in [5.74, 6) is -0.723. The number of pyridine rings is 1. The molecule has 202 valence electrons. The van der Waals surface area contributed by atoms with E-state index in [0.29, 0.717) is 43.5 Å². The number of carbonyl (C=O) groups is 3. The molecule has 2 aliphatic heterocycles. The molecule has 3 aromatic rings. The van der Waals surface area contributed by atoms with E-state index in [9.17, 15) is 19.5 Å². The van der Waals surface area contributed by atoms with Gasteiger partial charge in [0.15, 0.2) is 5.13 Å². The monoisotopic (exact) mass is 546 g/mol. The van der Waals surface area contributed by atoms with Crippen molar-refractivity contribution >= 4 is 40.1 Å². The van der Waals surface area contributed by atoms with Crippen molar-refractivity contribution in [3.8, 4) is 22.4 Å². The van der Waals surface area contributed by atoms with E-state index >= 15 is 0 Å². The maximum atomic E-state index is 13.7. The zero-order valence-corrected chi connectivity index (χ0v) is 22.3. The smallest absolute Gasteiger partial charge is 0.304 e. The second-order valence-corrected chi connectivity index (χ2v) is 11.3. The zero-order chi connectivity index (χ0) is 26.9. The quantitative estimate of drug-likeness (QED) is 0.395. The molecule has 2 saturated heterocycles. The molecule has 1 N–H and O–H groups in total. The lowest BCUT2D eigenvalue weighted by Crippen LogP contribution is -2.41. The van der Waals surface area contributed by atoms with Crippen molar-refractivity contribution in [3.63, 3.8) is 0 Å². The molecule has 1 aromatic carbocycles. The molecule has 2 aromatic heterocycles. The third-order valence-corrected chi connectivity index (χ3v) is 8.39. The minimum Gasteiger partial charge on any atom is -0.481 e. The minimum atomic E-state index is -0.966. The number of amides is 2. The Morgan fingerprint density at radius 2 is 1.95 bits per heavy atom. The number of anilines is 2. The Bertz CT molecular complexity index is 1380. The van der Waals surface area contributed by atoms with Gasteiger partial charge in [-0.05, 0) is 43.4 Å². The van der Waals surface area contributed by atoms with Crippen molar-refractivity contribution in [2.75, 3.05) is 29.6 Å². The number of nitrogens with zero attached hydrogens (tertiary/aromatic N) is 4. The van der Waals surface area contributed by atoms with Crippen molar-refractivity contribution in [2.24, 2.45) is 11.8 Å². The third-order valence-electron chi connectivity index (χ3n) is 7.55. The molecule has 2 amide bonds. The molecule has 39 heavy (non-hydrogen) atoms. The Kier molecular flexibility index (Phi) is 7.14. The first-order valence-corrected chi connectivity index (χ1v) is 14.3. The van der Waals surface area contributed by atoms with Crippen LogP contribution in [0.1, 0.15) is 38.5 Å². The number of hydrogen-bond acceptors (Lipinski definition) is 7. The molecule has 6 rings (SSSR count). The van der Waals surface area contributed by atoms with Crippen molar-refractivity contribution in [1.82, 2.24) is 9.97 Å². The van der Waals surface area contributed by atoms with Gasteiger partial charge in [-0.25, -0.2) is 9.97 Å². The predicted molar refractivity (Wildman–Crippen MR) is 148 cm³/mol. The van der Waals surface area contributed by atoms with Gasteiger partial charge in [-0.1, -0.05) is 24.3 Å². The fourth-order valence-corrected chi connectivity index (χ4v) is 6.22. The van der Waals surface area contributed by atoms with Crippen LogP contribution in [0, 0.1) is 11.8 Å². The Morgan fingerprint density at radius 1 is 1.15 bits per heavy atom. The largest absolute Gasteiger partial charge is 0.481 e. The molecule has 0 unspecified atom stereocenters. The molecule has 4 heterocycles. The number of rotatable bonds is 10. The van der Waals surface area contributed by atoms with Crippen LogP contribution in [-0.2, 0) is 19.1 Å². The average Bonchev–Trinajstić information content (AvgIpc) is 3.46. The second kappa shape index (κ2) is 10.9. The molecular formula is C29H30N4O5S. The SMILES string of the molecule is O=C(O)C[C@@H](CC1COC1)C(=O)N(c1nc(-c2ccccc2-c2ccc(N3CCCC3=O)nc2)cs1)C1CC1. The Balaban J connectivity index is 1.26. The predicted octanol–water partition coefficient (Wildman–Crippen LogP) is 4.62. The van der Waals surface area contributed by atoms with Crippen molar-refractivity contribution in [1.29, 1.82) is 0 Å². The van der Waals surface area contributed by atoms with Gasteiger partial charge in [-0.15, -0.1) is 11.3 Å². The molecule has 10 heteroatoms. The lowest BCUT2D eigenvalue weighted by molar-refractivity contribution is -0.142. The van der Waals surface area contributed by atoms with E-state index in [0.717, 1.165) is 41.6 Å². The highest BCUT2D eigenvalue weighted by Crippen LogP contribution is 2.40. The number of carboxylic acid groups (broad SMARTS) is 1. The lowest BCUT2D eigenvalue weighted by Gasteiger charge is -2.31. The standard InChI is InChI=1S/C29H30N4O5S/c34-26-6-3-11-32(26)25-10-7-19(14-30-25)22-4-1-2-5-23(22)24-17-39-29(31-24)33(21-8-9-21)28(37)20(13-27(35)36)12-18-15-38-16-18/h1-2,4-5,7,10,14,17-18,20-21H,3,6,8-9,11-13,15-16H2,(H,35,36)/t20-/m1/s1. The highest BCUT2D eigenvalue weighted by molar-refractivity contribution is 7.14. The number of ether oxygens (including phenoxy) is 1. The summed E-state index contributed by atoms with van der Waals surface area (Å²) in [7, 11) is 0. The van der Waals surface area contributed by atoms with E-state index in [4.69, 9.17) is 9.72 Å². The second-order valence-electron chi connectivity index (χ2n) is 10.5. The number of aliphatic carboxylic acids is 1. The topological polar surface area (TPSA) is 113 Å². The number of aromatic nitrogens is 2. The van der Waals surface area contributed by atoms with E-state index < -0.39 is 11.9 Å². The maximum absolute atomic E-state index is 13.7. The fourth-order valence-electron chi connectivity index (χ4n) is 5.32. The summed E-state index contributed by atoms with van der Waals surface area (Å²) >= 11 is 1.41. The van der Waals surface area contributed by atoms with Crippen molar-refractivity contribution < 1.29 is 24.2 Å². The van der Waals surface area contributed by atoms with Gasteiger partial charge < -0.3 is 9.84 Å². The van der Waals surface area contributed by atoms with Gasteiger partial charge in [0.2, 0.25) is 11.8 Å². The number of carboxylic acids is 1. The molecular weight excluding hydrogens is 516 g/mol. The van der Waals surface area contributed by atoms with Crippen LogP contribution < -0.4 is 9.80 Å². The average molecular weight is 547 g/mol. The van der Waals surface area contributed by atoms with Gasteiger partial charge in [0.1, 0.15) is 5.82 Å². The molecule has 3 aliphatic rings. The highest BCUT2D eigenvalue weighted by atomic mass is 32.1. The van der Waals surface area contributed by atoms with Gasteiger partial charge in [-0.3, -0.25) is 24.2 Å². The van der Waals surface area contributed by atoms with E-state index in [2.05, 4.69) is 4.98 Å². The molecule has 1 atom stereocenters. The first-order chi connectivity index (χ1) is 19.0. The van der Waals surface area contributed by atoms with E-state index in [1.807, 2.05) is 41.8 Å². The molecule has 9 nitrogen and oxygen atoms in total. The minimum absolute atomic E-state index is 0.0609. The summed E-state index contributed by atoms with van der Waals surface area (Å²) < 4.78 is 5.26. The first kappa shape index (κ1) is 25.6. The van der Waals surface area contributed by atoms with E-state index in [1.165, 1.54) is 11.3 Å². The van der Waals surface area contributed by atoms with Crippen molar-refractivity contribution in [2.45, 2.75) is 44.6 Å².